The predicted molar refractivity (Wildman–Crippen MR) is 154 cm³/mol. The lowest BCUT2D eigenvalue weighted by molar-refractivity contribution is -0.384. The van der Waals surface area contributed by atoms with Crippen molar-refractivity contribution in [2.45, 2.75) is 88.4 Å². The van der Waals surface area contributed by atoms with E-state index < -0.39 is 40.8 Å². The van der Waals surface area contributed by atoms with Gasteiger partial charge in [-0.15, -0.1) is 0 Å². The number of piperidine rings is 1. The number of nitro groups is 1. The molecule has 1 aromatic carbocycles. The van der Waals surface area contributed by atoms with Gasteiger partial charge in [0.2, 0.25) is 17.7 Å². The van der Waals surface area contributed by atoms with Crippen LogP contribution in [0.2, 0.25) is 0 Å². The number of aliphatic imine (C=N–C) groups is 1. The van der Waals surface area contributed by atoms with Crippen LogP contribution in [0, 0.1) is 16.0 Å². The number of nitro benzene ring substituents is 1. The number of hydrogen-bond donors (Lipinski definition) is 6. The third-order valence-corrected chi connectivity index (χ3v) is 7.71. The Labute approximate surface area is 239 Å². The van der Waals surface area contributed by atoms with E-state index in [1.807, 2.05) is 0 Å². The van der Waals surface area contributed by atoms with Crippen LogP contribution >= 0.6 is 0 Å². The summed E-state index contributed by atoms with van der Waals surface area (Å²) >= 11 is 0. The highest BCUT2D eigenvalue weighted by Crippen LogP contribution is 2.30. The number of guanidine groups is 1. The average molecular weight is 575 g/mol. The molecule has 1 aliphatic carbocycles. The van der Waals surface area contributed by atoms with Gasteiger partial charge in [0, 0.05) is 24.4 Å². The maximum absolute atomic E-state index is 13.9. The first-order chi connectivity index (χ1) is 19.6. The summed E-state index contributed by atoms with van der Waals surface area (Å²) in [6, 6.07) is 2.60. The number of nitrogens with one attached hydrogen (secondary N) is 2. The Hall–Kier alpha value is -3.62. The first kappa shape index (κ1) is 31.9. The van der Waals surface area contributed by atoms with Gasteiger partial charge >= 0.3 is 0 Å². The molecule has 0 bridgehead atoms. The van der Waals surface area contributed by atoms with E-state index in [1.54, 1.807) is 0 Å². The average Bonchev–Trinajstić information content (AvgIpc) is 2.96. The summed E-state index contributed by atoms with van der Waals surface area (Å²) in [5.74, 6) is -1.70. The highest BCUT2D eigenvalue weighted by Gasteiger charge is 2.36. The third kappa shape index (κ3) is 9.47. The Morgan fingerprint density at radius 1 is 1.12 bits per heavy atom. The van der Waals surface area contributed by atoms with Gasteiger partial charge in [0.15, 0.2) is 5.96 Å². The number of rotatable bonds is 12. The van der Waals surface area contributed by atoms with Crippen LogP contribution in [0.3, 0.4) is 0 Å². The van der Waals surface area contributed by atoms with Gasteiger partial charge in [0.25, 0.3) is 5.69 Å². The Balaban J connectivity index is 1.90. The zero-order chi connectivity index (χ0) is 29.9. The Morgan fingerprint density at radius 2 is 1.80 bits per heavy atom. The predicted octanol–water partition coefficient (Wildman–Crippen LogP) is 0.403. The van der Waals surface area contributed by atoms with Crippen LogP contribution < -0.4 is 32.7 Å². The SMILES string of the molecule is NC(N)=NCCC[C@@H](C(=O)NC(=O)C1CCCCN1)N(C(=O)[C@H](N)CC1CCC(O)CC1)c1ccc([N+](=O)[O-])cc1. The molecule has 1 saturated carbocycles. The molecule has 2 fully saturated rings. The summed E-state index contributed by atoms with van der Waals surface area (Å²) in [5.41, 5.74) is 17.4. The van der Waals surface area contributed by atoms with E-state index in [9.17, 15) is 29.6 Å². The van der Waals surface area contributed by atoms with Crippen LogP contribution in [0.4, 0.5) is 11.4 Å². The van der Waals surface area contributed by atoms with Crippen molar-refractivity contribution in [3.63, 3.8) is 0 Å². The molecule has 41 heavy (non-hydrogen) atoms. The molecule has 1 unspecified atom stereocenters. The van der Waals surface area contributed by atoms with Crippen LogP contribution in [0.1, 0.15) is 64.2 Å². The fourth-order valence-electron chi connectivity index (χ4n) is 5.45. The number of carbonyl (C=O) groups excluding carboxylic acids is 3. The van der Waals surface area contributed by atoms with Crippen molar-refractivity contribution < 1.29 is 24.4 Å². The summed E-state index contributed by atoms with van der Waals surface area (Å²) < 4.78 is 0. The number of carbonyl (C=O) groups is 3. The zero-order valence-electron chi connectivity index (χ0n) is 23.2. The van der Waals surface area contributed by atoms with Gasteiger partial charge in [0.1, 0.15) is 6.04 Å². The number of anilines is 1. The highest BCUT2D eigenvalue weighted by atomic mass is 16.6. The van der Waals surface area contributed by atoms with E-state index in [-0.39, 0.29) is 42.3 Å². The quantitative estimate of drug-likeness (QED) is 0.0661. The Bertz CT molecular complexity index is 1080. The van der Waals surface area contributed by atoms with Crippen LogP contribution in [0.5, 0.6) is 0 Å². The van der Waals surface area contributed by atoms with Crippen LogP contribution in [-0.4, -0.2) is 71.0 Å². The van der Waals surface area contributed by atoms with E-state index in [2.05, 4.69) is 15.6 Å². The molecule has 3 atom stereocenters. The van der Waals surface area contributed by atoms with Crippen molar-refractivity contribution in [1.82, 2.24) is 10.6 Å². The Kier molecular flexibility index (Phi) is 12.0. The highest BCUT2D eigenvalue weighted by molar-refractivity contribution is 6.07. The standard InChI is InChI=1S/C27H42N8O6/c28-21(16-17-6-12-20(36)13-7-17)26(39)34(18-8-10-19(11-9-18)35(40)41)23(5-3-15-32-27(29)30)25(38)33-24(37)22-4-1-2-14-31-22/h8-11,17,20-23,31,36H,1-7,12-16,28H2,(H4,29,30,32)(H,33,37,38)/t17?,20?,21-,22?,23+/m1/s1. The lowest BCUT2D eigenvalue weighted by Gasteiger charge is -2.34. The van der Waals surface area contributed by atoms with Gasteiger partial charge in [-0.25, -0.2) is 0 Å². The van der Waals surface area contributed by atoms with Gasteiger partial charge in [-0.05, 0) is 82.4 Å². The van der Waals surface area contributed by atoms with Crippen molar-refractivity contribution in [3.05, 3.63) is 34.4 Å². The number of imide groups is 1. The van der Waals surface area contributed by atoms with Gasteiger partial charge in [-0.2, -0.15) is 0 Å². The second-order valence-corrected chi connectivity index (χ2v) is 10.8. The van der Waals surface area contributed by atoms with Gasteiger partial charge < -0.3 is 27.6 Å². The van der Waals surface area contributed by atoms with E-state index in [4.69, 9.17) is 17.2 Å². The maximum atomic E-state index is 13.9. The van der Waals surface area contributed by atoms with Gasteiger partial charge in [-0.1, -0.05) is 6.42 Å². The van der Waals surface area contributed by atoms with Gasteiger partial charge in [-0.3, -0.25) is 39.7 Å². The zero-order valence-corrected chi connectivity index (χ0v) is 23.2. The summed E-state index contributed by atoms with van der Waals surface area (Å²) in [7, 11) is 0. The monoisotopic (exact) mass is 574 g/mol. The number of non-ortho nitro benzene ring substituents is 1. The van der Waals surface area contributed by atoms with E-state index in [1.165, 1.54) is 29.2 Å². The van der Waals surface area contributed by atoms with Crippen LogP contribution in [0.25, 0.3) is 0 Å². The van der Waals surface area contributed by atoms with Crippen molar-refractivity contribution >= 4 is 35.1 Å². The summed E-state index contributed by atoms with van der Waals surface area (Å²) in [6.45, 7) is 0.845. The van der Waals surface area contributed by atoms with Crippen LogP contribution in [0.15, 0.2) is 29.3 Å². The molecule has 1 aromatic rings. The fourth-order valence-corrected chi connectivity index (χ4v) is 5.45. The number of nitrogens with two attached hydrogens (primary N) is 3. The summed E-state index contributed by atoms with van der Waals surface area (Å²) in [5, 5.41) is 26.7. The summed E-state index contributed by atoms with van der Waals surface area (Å²) in [6.07, 6.45) is 5.47. The molecule has 226 valence electrons. The lowest BCUT2D eigenvalue weighted by atomic mass is 9.83. The molecule has 0 spiro atoms. The summed E-state index contributed by atoms with van der Waals surface area (Å²) in [4.78, 5) is 56.4. The molecule has 1 aliphatic heterocycles. The maximum Gasteiger partial charge on any atom is 0.269 e. The number of aliphatic hydroxyl groups excluding tert-OH is 1. The van der Waals surface area contributed by atoms with E-state index in [0.717, 1.165) is 25.7 Å². The minimum absolute atomic E-state index is 0.0963. The number of hydrogen-bond acceptors (Lipinski definition) is 9. The normalized spacial score (nSPS) is 22.1. The largest absolute Gasteiger partial charge is 0.393 e. The van der Waals surface area contributed by atoms with Crippen molar-refractivity contribution in [2.75, 3.05) is 18.0 Å². The smallest absolute Gasteiger partial charge is 0.269 e. The molecule has 14 heteroatoms. The number of nitrogens with zero attached hydrogens (tertiary/aromatic N) is 3. The first-order valence-corrected chi connectivity index (χ1v) is 14.2. The minimum Gasteiger partial charge on any atom is -0.393 e. The second-order valence-electron chi connectivity index (χ2n) is 10.8. The topological polar surface area (TPSA) is 232 Å². The molecule has 3 rings (SSSR count). The minimum atomic E-state index is -1.16. The molecule has 1 heterocycles. The van der Waals surface area contributed by atoms with Crippen molar-refractivity contribution in [2.24, 2.45) is 28.1 Å². The van der Waals surface area contributed by atoms with Crippen LogP contribution in [-0.2, 0) is 14.4 Å². The second kappa shape index (κ2) is 15.4. The molecule has 9 N–H and O–H groups in total. The first-order valence-electron chi connectivity index (χ1n) is 14.2. The molecule has 0 aromatic heterocycles. The molecule has 3 amide bonds. The number of benzene rings is 1. The fraction of sp³-hybridized carbons (Fsp3) is 0.630. The Morgan fingerprint density at radius 3 is 2.39 bits per heavy atom. The molecular formula is C27H42N8O6. The number of amides is 3. The van der Waals surface area contributed by atoms with Crippen molar-refractivity contribution in [1.29, 1.82) is 0 Å². The van der Waals surface area contributed by atoms with E-state index >= 15 is 0 Å². The third-order valence-electron chi connectivity index (χ3n) is 7.71. The molecule has 1 saturated heterocycles. The molecular weight excluding hydrogens is 532 g/mol. The van der Waals surface area contributed by atoms with Gasteiger partial charge in [0.05, 0.1) is 23.1 Å². The molecule has 2 aliphatic rings. The number of aliphatic hydroxyl groups is 1. The van der Waals surface area contributed by atoms with Crippen molar-refractivity contribution in [3.8, 4) is 0 Å². The lowest BCUT2D eigenvalue weighted by Crippen LogP contribution is -2.57. The molecule has 0 radical (unpaired) electrons. The van der Waals surface area contributed by atoms with E-state index in [0.29, 0.717) is 38.6 Å². The molecule has 14 nitrogen and oxygen atoms in total.